The van der Waals surface area contributed by atoms with E-state index in [0.29, 0.717) is 19.3 Å². The number of rotatable bonds is 10. The molecule has 3 heterocycles. The predicted octanol–water partition coefficient (Wildman–Crippen LogP) is 4.36. The number of aromatic nitrogens is 2. The first-order valence-corrected chi connectivity index (χ1v) is 21.5. The van der Waals surface area contributed by atoms with Crippen LogP contribution in [0, 0.1) is 17.8 Å². The van der Waals surface area contributed by atoms with Gasteiger partial charge in [0, 0.05) is 31.4 Å². The maximum Gasteiger partial charge on any atom is 0.438 e. The van der Waals surface area contributed by atoms with Crippen LogP contribution in [0.3, 0.4) is 0 Å². The van der Waals surface area contributed by atoms with E-state index in [2.05, 4.69) is 20.6 Å². The molecule has 2 aliphatic carbocycles. The number of ether oxygens (including phenoxy) is 4. The van der Waals surface area contributed by atoms with Gasteiger partial charge in [0.05, 0.1) is 31.3 Å². The largest absolute Gasteiger partial charge is 0.497 e. The third-order valence-electron chi connectivity index (χ3n) is 11.5. The normalized spacial score (nSPS) is 28.6. The highest BCUT2D eigenvalue weighted by atomic mass is 32.2. The number of allylic oxidation sites excluding steroid dienone is 1. The first kappa shape index (κ1) is 45.7. The van der Waals surface area contributed by atoms with Crippen LogP contribution in [-0.4, -0.2) is 115 Å². The first-order chi connectivity index (χ1) is 28.5. The van der Waals surface area contributed by atoms with Crippen LogP contribution >= 0.6 is 0 Å². The van der Waals surface area contributed by atoms with Gasteiger partial charge in [0.2, 0.25) is 33.4 Å². The SMILES string of the molecule is COC[C@@H]1C[C@@H](C)CC/C=C\[C@@H]2C[C@@]2(C(=O)NS(=O)(=O)C2(CF)CC2)NC(=O)[C@@H]2C[C@@H](Oc3nc4cc(OC)ccc4nc3C(F)(F)F)CN2C(=O)[C@H]1NC(=O)OC(C)(C)C. The van der Waals surface area contributed by atoms with Crippen molar-refractivity contribution < 1.29 is 64.1 Å². The quantitative estimate of drug-likeness (QED) is 0.225. The van der Waals surface area contributed by atoms with Gasteiger partial charge in [-0.15, -0.1) is 0 Å². The molecule has 1 aromatic heterocycles. The Bertz CT molecular complexity index is 2160. The Morgan fingerprint density at radius 1 is 1.07 bits per heavy atom. The highest BCUT2D eigenvalue weighted by Gasteiger charge is 2.64. The van der Waals surface area contributed by atoms with Gasteiger partial charge >= 0.3 is 12.3 Å². The minimum atomic E-state index is -5.05. The summed E-state index contributed by atoms with van der Waals surface area (Å²) in [6.45, 7) is 5.08. The monoisotopic (exact) mass is 884 g/mol. The summed E-state index contributed by atoms with van der Waals surface area (Å²) in [4.78, 5) is 65.7. The van der Waals surface area contributed by atoms with Crippen molar-refractivity contribution in [3.63, 3.8) is 0 Å². The number of amides is 4. The Labute approximate surface area is 350 Å². The van der Waals surface area contributed by atoms with Crippen molar-refractivity contribution in [2.75, 3.05) is 34.0 Å². The topological polar surface area (TPSA) is 204 Å². The highest BCUT2D eigenvalue weighted by molar-refractivity contribution is 7.91. The fourth-order valence-electron chi connectivity index (χ4n) is 7.95. The summed E-state index contributed by atoms with van der Waals surface area (Å²) in [6.07, 6.45) is -2.89. The maximum absolute atomic E-state index is 15.0. The first-order valence-electron chi connectivity index (χ1n) is 20.1. The van der Waals surface area contributed by atoms with Crippen LogP contribution in [0.25, 0.3) is 11.0 Å². The maximum atomic E-state index is 15.0. The van der Waals surface area contributed by atoms with E-state index in [0.717, 1.165) is 4.90 Å². The molecule has 2 aromatic rings. The molecule has 16 nitrogen and oxygen atoms in total. The third kappa shape index (κ3) is 9.97. The van der Waals surface area contributed by atoms with Gasteiger partial charge in [-0.1, -0.05) is 19.1 Å². The average Bonchev–Trinajstić information content (AvgIpc) is 4.08. The molecule has 3 N–H and O–H groups in total. The molecule has 4 aliphatic rings. The van der Waals surface area contributed by atoms with Crippen molar-refractivity contribution in [2.24, 2.45) is 17.8 Å². The number of nitrogens with one attached hydrogen (secondary N) is 3. The number of carbonyl (C=O) groups excluding carboxylic acids is 4. The lowest BCUT2D eigenvalue weighted by Crippen LogP contribution is -2.60. The third-order valence-corrected chi connectivity index (χ3v) is 13.7. The van der Waals surface area contributed by atoms with Crippen LogP contribution in [0.4, 0.5) is 22.4 Å². The molecular weight excluding hydrogens is 833 g/mol. The van der Waals surface area contributed by atoms with Crippen molar-refractivity contribution in [3.8, 4) is 11.6 Å². The Balaban J connectivity index is 1.41. The van der Waals surface area contributed by atoms with Crippen LogP contribution in [0.15, 0.2) is 30.4 Å². The van der Waals surface area contributed by atoms with Crippen molar-refractivity contribution in [3.05, 3.63) is 36.0 Å². The zero-order chi connectivity index (χ0) is 44.7. The van der Waals surface area contributed by atoms with E-state index in [-0.39, 0.29) is 48.6 Å². The molecular formula is C40H52F4N6O10S. The Morgan fingerprint density at radius 3 is 2.41 bits per heavy atom. The number of halogens is 4. The van der Waals surface area contributed by atoms with Gasteiger partial charge in [-0.3, -0.25) is 19.1 Å². The summed E-state index contributed by atoms with van der Waals surface area (Å²) in [5.41, 5.74) is -4.40. The van der Waals surface area contributed by atoms with Crippen molar-refractivity contribution in [1.29, 1.82) is 0 Å². The van der Waals surface area contributed by atoms with Crippen LogP contribution in [0.2, 0.25) is 0 Å². The fourth-order valence-corrected chi connectivity index (χ4v) is 9.38. The second kappa shape index (κ2) is 17.2. The molecule has 2 saturated carbocycles. The number of benzene rings is 1. The number of nitrogens with zero attached hydrogens (tertiary/aromatic N) is 3. The fraction of sp³-hybridized carbons (Fsp3) is 0.650. The van der Waals surface area contributed by atoms with Gasteiger partial charge < -0.3 is 34.5 Å². The minimum Gasteiger partial charge on any atom is -0.497 e. The molecule has 0 unspecified atom stereocenters. The average molecular weight is 885 g/mol. The number of hydrogen-bond acceptors (Lipinski definition) is 12. The molecule has 2 aliphatic heterocycles. The van der Waals surface area contributed by atoms with E-state index < -0.39 is 117 Å². The summed E-state index contributed by atoms with van der Waals surface area (Å²) < 4.78 is 106. The standard InChI is InChI=1S/C40H52F4N6O10S/c1-22-9-7-8-10-24-18-39(24,35(53)49-61(55,56)38(21-41)13-14-38)48-32(51)29-17-26(59-33-31(40(42,43)44)45-27-12-11-25(58-6)16-28(27)46-33)19-50(29)34(52)30(23(15-22)20-57-5)47-36(54)60-37(2,3)4/h8,10-12,16,22-24,26,29-30H,7,9,13-15,17-21H2,1-6H3,(H,47,54)(H,48,51)(H,49,53)/b10-8-/t22-,23-,24+,26+,29-,30-,39+/m0/s1. The highest BCUT2D eigenvalue weighted by Crippen LogP contribution is 2.48. The van der Waals surface area contributed by atoms with Gasteiger partial charge in [0.1, 0.15) is 46.5 Å². The van der Waals surface area contributed by atoms with Gasteiger partial charge in [0.25, 0.3) is 5.91 Å². The van der Waals surface area contributed by atoms with E-state index in [1.807, 2.05) is 11.6 Å². The zero-order valence-electron chi connectivity index (χ0n) is 34.8. The van der Waals surface area contributed by atoms with E-state index >= 15 is 0 Å². The molecule has 6 rings (SSSR count). The number of carbonyl (C=O) groups is 4. The lowest BCUT2D eigenvalue weighted by Gasteiger charge is -2.34. The molecule has 4 amide bonds. The lowest BCUT2D eigenvalue weighted by molar-refractivity contribution is -0.143. The van der Waals surface area contributed by atoms with Gasteiger partial charge in [-0.05, 0) is 77.3 Å². The molecule has 3 fully saturated rings. The summed E-state index contributed by atoms with van der Waals surface area (Å²) >= 11 is 0. The van der Waals surface area contributed by atoms with Crippen LogP contribution in [-0.2, 0) is 40.1 Å². The number of alkyl carbamates (subject to hydrolysis) is 1. The van der Waals surface area contributed by atoms with Crippen LogP contribution in [0.5, 0.6) is 11.6 Å². The summed E-state index contributed by atoms with van der Waals surface area (Å²) in [5, 5.41) is 5.32. The molecule has 21 heteroatoms. The Hall–Kier alpha value is -4.79. The van der Waals surface area contributed by atoms with Gasteiger partial charge in [-0.25, -0.2) is 27.6 Å². The van der Waals surface area contributed by atoms with Gasteiger partial charge in [-0.2, -0.15) is 13.2 Å². The summed E-state index contributed by atoms with van der Waals surface area (Å²) in [7, 11) is -1.73. The number of hydrogen-bond donors (Lipinski definition) is 3. The van der Waals surface area contributed by atoms with E-state index in [4.69, 9.17) is 18.9 Å². The summed E-state index contributed by atoms with van der Waals surface area (Å²) in [5.74, 6) is -5.00. The lowest BCUT2D eigenvalue weighted by atomic mass is 9.87. The van der Waals surface area contributed by atoms with E-state index in [1.165, 1.54) is 32.4 Å². The van der Waals surface area contributed by atoms with Crippen LogP contribution < -0.4 is 24.8 Å². The van der Waals surface area contributed by atoms with Crippen molar-refractivity contribution in [1.82, 2.24) is 30.2 Å². The molecule has 0 bridgehead atoms. The molecule has 7 atom stereocenters. The molecule has 1 aromatic carbocycles. The molecule has 0 radical (unpaired) electrons. The van der Waals surface area contributed by atoms with E-state index in [9.17, 15) is 45.2 Å². The smallest absolute Gasteiger partial charge is 0.438 e. The zero-order valence-corrected chi connectivity index (χ0v) is 35.6. The van der Waals surface area contributed by atoms with Crippen molar-refractivity contribution >= 4 is 44.9 Å². The Kier molecular flexibility index (Phi) is 12.9. The van der Waals surface area contributed by atoms with Gasteiger partial charge in [0.15, 0.2) is 0 Å². The predicted molar refractivity (Wildman–Crippen MR) is 210 cm³/mol. The van der Waals surface area contributed by atoms with Crippen molar-refractivity contribution in [2.45, 2.75) is 113 Å². The molecule has 1 saturated heterocycles. The molecule has 61 heavy (non-hydrogen) atoms. The number of sulfonamides is 1. The Morgan fingerprint density at radius 2 is 1.79 bits per heavy atom. The number of fused-ring (bicyclic) bond motifs is 3. The number of alkyl halides is 4. The number of methoxy groups -OCH3 is 2. The summed E-state index contributed by atoms with van der Waals surface area (Å²) in [6, 6.07) is 1.14. The second-order valence-electron chi connectivity index (χ2n) is 17.4. The minimum absolute atomic E-state index is 0.00126. The second-order valence-corrected chi connectivity index (χ2v) is 19.5. The molecule has 336 valence electrons. The molecule has 0 spiro atoms. The van der Waals surface area contributed by atoms with Crippen LogP contribution in [0.1, 0.15) is 78.3 Å². The van der Waals surface area contributed by atoms with E-state index in [1.54, 1.807) is 32.9 Å².